The zero-order valence-electron chi connectivity index (χ0n) is 22.3. The van der Waals surface area contributed by atoms with Crippen LogP contribution in [0.2, 0.25) is 0 Å². The smallest absolute Gasteiger partial charge is 0.264 e. The number of benzene rings is 3. The number of anilines is 2. The first-order chi connectivity index (χ1) is 18.2. The average molecular weight is 591 g/mol. The van der Waals surface area contributed by atoms with Crippen molar-refractivity contribution in [3.05, 3.63) is 72.3 Å². The van der Waals surface area contributed by atoms with Gasteiger partial charge in [-0.15, -0.1) is 12.4 Å². The highest BCUT2D eigenvalue weighted by Crippen LogP contribution is 2.40. The van der Waals surface area contributed by atoms with Gasteiger partial charge in [0.2, 0.25) is 0 Å². The van der Waals surface area contributed by atoms with Crippen LogP contribution < -0.4 is 18.7 Å². The van der Waals surface area contributed by atoms with E-state index in [0.717, 1.165) is 4.70 Å². The second-order valence-electron chi connectivity index (χ2n) is 8.74. The quantitative estimate of drug-likeness (QED) is 0.263. The summed E-state index contributed by atoms with van der Waals surface area (Å²) in [6.07, 6.45) is 0. The lowest BCUT2D eigenvalue weighted by atomic mass is 10.2. The molecule has 0 unspecified atom stereocenters. The molecule has 12 heteroatoms. The molecule has 1 amide bonds. The summed E-state index contributed by atoms with van der Waals surface area (Å²) >= 11 is 1.34. The number of para-hydroxylation sites is 1. The van der Waals surface area contributed by atoms with Gasteiger partial charge in [-0.05, 0) is 62.6 Å². The molecule has 0 fully saturated rings. The van der Waals surface area contributed by atoms with Crippen molar-refractivity contribution < 1.29 is 22.7 Å². The molecule has 3 aromatic carbocycles. The molecule has 0 aliphatic rings. The van der Waals surface area contributed by atoms with Crippen LogP contribution in [0.1, 0.15) is 10.4 Å². The molecule has 1 aromatic heterocycles. The van der Waals surface area contributed by atoms with Gasteiger partial charge in [-0.1, -0.05) is 29.5 Å². The first kappa shape index (κ1) is 30.2. The van der Waals surface area contributed by atoms with Crippen LogP contribution in [0.15, 0.2) is 71.6 Å². The molecule has 0 saturated heterocycles. The van der Waals surface area contributed by atoms with Crippen LogP contribution in [0, 0.1) is 0 Å². The van der Waals surface area contributed by atoms with E-state index in [4.69, 9.17) is 14.5 Å². The van der Waals surface area contributed by atoms with Crippen molar-refractivity contribution in [1.82, 2.24) is 9.88 Å². The molecule has 0 N–H and O–H groups in total. The summed E-state index contributed by atoms with van der Waals surface area (Å²) in [4.78, 5) is 22.1. The van der Waals surface area contributed by atoms with Crippen molar-refractivity contribution in [2.45, 2.75) is 4.90 Å². The molecular weight excluding hydrogens is 560 g/mol. The number of likely N-dealkylation sites (N-methyl/N-ethyl adjacent to an activating group) is 1. The molecule has 0 atom stereocenters. The summed E-state index contributed by atoms with van der Waals surface area (Å²) in [5.74, 6) is 0.936. The van der Waals surface area contributed by atoms with Gasteiger partial charge in [0.05, 0.1) is 24.8 Å². The molecule has 1 heterocycles. The Kier molecular flexibility index (Phi) is 9.78. The lowest BCUT2D eigenvalue weighted by Gasteiger charge is -2.22. The average Bonchev–Trinajstić information content (AvgIpc) is 3.37. The minimum atomic E-state index is -3.80. The maximum absolute atomic E-state index is 13.7. The van der Waals surface area contributed by atoms with E-state index in [-0.39, 0.29) is 23.2 Å². The topological polar surface area (TPSA) is 92.3 Å². The van der Waals surface area contributed by atoms with Crippen molar-refractivity contribution in [2.24, 2.45) is 0 Å². The summed E-state index contributed by atoms with van der Waals surface area (Å²) < 4.78 is 39.3. The van der Waals surface area contributed by atoms with Crippen LogP contribution in [0.25, 0.3) is 10.2 Å². The summed E-state index contributed by atoms with van der Waals surface area (Å²) in [6, 6.07) is 18.4. The maximum Gasteiger partial charge on any atom is 0.264 e. The number of nitrogens with zero attached hydrogens (tertiary/aromatic N) is 4. The Bertz CT molecular complexity index is 1490. The second-order valence-corrected chi connectivity index (χ2v) is 11.7. The van der Waals surface area contributed by atoms with Gasteiger partial charge in [0.25, 0.3) is 15.9 Å². The SMILES string of the molecule is COc1ccc(OC)c2sc(N(CCN(C)C)C(=O)c3ccc(S(=O)(=O)N(C)c4ccccc4)cc3)nc12.Cl. The first-order valence-electron chi connectivity index (χ1n) is 11.8. The van der Waals surface area contributed by atoms with E-state index >= 15 is 0 Å². The number of halogens is 1. The van der Waals surface area contributed by atoms with E-state index in [9.17, 15) is 13.2 Å². The molecular formula is C27H31ClN4O5S2. The van der Waals surface area contributed by atoms with E-state index in [1.165, 1.54) is 47.0 Å². The highest BCUT2D eigenvalue weighted by atomic mass is 35.5. The van der Waals surface area contributed by atoms with Gasteiger partial charge in [0, 0.05) is 25.7 Å². The van der Waals surface area contributed by atoms with Gasteiger partial charge in [-0.2, -0.15) is 0 Å². The lowest BCUT2D eigenvalue weighted by molar-refractivity contribution is 0.0985. The molecule has 0 bridgehead atoms. The zero-order valence-corrected chi connectivity index (χ0v) is 24.8. The predicted molar refractivity (Wildman–Crippen MR) is 159 cm³/mol. The van der Waals surface area contributed by atoms with Crippen molar-refractivity contribution in [3.8, 4) is 11.5 Å². The molecule has 39 heavy (non-hydrogen) atoms. The van der Waals surface area contributed by atoms with Crippen LogP contribution in [0.5, 0.6) is 11.5 Å². The maximum atomic E-state index is 13.7. The number of carbonyl (C=O) groups excluding carboxylic acids is 1. The number of amides is 1. The third-order valence-corrected chi connectivity index (χ3v) is 8.92. The number of hydrogen-bond acceptors (Lipinski definition) is 8. The van der Waals surface area contributed by atoms with Gasteiger partial charge >= 0.3 is 0 Å². The highest BCUT2D eigenvalue weighted by molar-refractivity contribution is 7.92. The van der Waals surface area contributed by atoms with Gasteiger partial charge in [-0.3, -0.25) is 14.0 Å². The van der Waals surface area contributed by atoms with Crippen LogP contribution in [0.4, 0.5) is 10.8 Å². The van der Waals surface area contributed by atoms with E-state index in [1.54, 1.807) is 55.5 Å². The predicted octanol–water partition coefficient (Wildman–Crippen LogP) is 4.77. The van der Waals surface area contributed by atoms with Crippen LogP contribution in [-0.2, 0) is 10.0 Å². The Balaban J connectivity index is 0.00000420. The molecule has 4 aromatic rings. The van der Waals surface area contributed by atoms with E-state index < -0.39 is 10.0 Å². The largest absolute Gasteiger partial charge is 0.495 e. The fourth-order valence-corrected chi connectivity index (χ4v) is 6.13. The van der Waals surface area contributed by atoms with Gasteiger partial charge in [-0.25, -0.2) is 13.4 Å². The molecule has 0 saturated carbocycles. The number of rotatable bonds is 10. The molecule has 0 aliphatic carbocycles. The number of ether oxygens (including phenoxy) is 2. The monoisotopic (exact) mass is 590 g/mol. The summed E-state index contributed by atoms with van der Waals surface area (Å²) in [5.41, 5.74) is 1.51. The Hall–Kier alpha value is -3.38. The Morgan fingerprint density at radius 1 is 0.872 bits per heavy atom. The Labute approximate surface area is 239 Å². The Morgan fingerprint density at radius 2 is 1.49 bits per heavy atom. The second kappa shape index (κ2) is 12.6. The first-order valence-corrected chi connectivity index (χ1v) is 14.0. The zero-order chi connectivity index (χ0) is 27.4. The molecule has 4 rings (SSSR count). The van der Waals surface area contributed by atoms with Crippen molar-refractivity contribution in [2.75, 3.05) is 57.7 Å². The van der Waals surface area contributed by atoms with Gasteiger partial charge in [0.1, 0.15) is 21.7 Å². The number of carbonyl (C=O) groups is 1. The number of sulfonamides is 1. The molecule has 9 nitrogen and oxygen atoms in total. The summed E-state index contributed by atoms with van der Waals surface area (Å²) in [5, 5.41) is 0.496. The van der Waals surface area contributed by atoms with Crippen molar-refractivity contribution in [3.63, 3.8) is 0 Å². The van der Waals surface area contributed by atoms with E-state index in [0.29, 0.717) is 46.5 Å². The van der Waals surface area contributed by atoms with E-state index in [2.05, 4.69) is 0 Å². The number of aromatic nitrogens is 1. The molecule has 0 radical (unpaired) electrons. The number of thiazole rings is 1. The fourth-order valence-electron chi connectivity index (χ4n) is 3.83. The van der Waals surface area contributed by atoms with Gasteiger partial charge < -0.3 is 14.4 Å². The fraction of sp³-hybridized carbons (Fsp3) is 0.259. The van der Waals surface area contributed by atoms with Crippen LogP contribution in [-0.4, -0.2) is 72.7 Å². The molecule has 0 spiro atoms. The number of methoxy groups -OCH3 is 2. The lowest BCUT2D eigenvalue weighted by Crippen LogP contribution is -2.36. The van der Waals surface area contributed by atoms with Crippen molar-refractivity contribution >= 4 is 60.7 Å². The summed E-state index contributed by atoms with van der Waals surface area (Å²) in [6.45, 7) is 0.983. The Morgan fingerprint density at radius 3 is 2.08 bits per heavy atom. The molecule has 0 aliphatic heterocycles. The number of hydrogen-bond donors (Lipinski definition) is 0. The third-order valence-electron chi connectivity index (χ3n) is 6.03. The van der Waals surface area contributed by atoms with Crippen LogP contribution >= 0.6 is 23.7 Å². The number of fused-ring (bicyclic) bond motifs is 1. The minimum absolute atomic E-state index is 0. The van der Waals surface area contributed by atoms with E-state index in [1.807, 2.05) is 25.1 Å². The van der Waals surface area contributed by atoms with Crippen LogP contribution in [0.3, 0.4) is 0 Å². The van der Waals surface area contributed by atoms with Gasteiger partial charge in [0.15, 0.2) is 5.13 Å². The highest BCUT2D eigenvalue weighted by Gasteiger charge is 2.26. The third kappa shape index (κ3) is 6.27. The molecule has 208 valence electrons. The standard InChI is InChI=1S/C27H30N4O5S2.ClH/c1-29(2)17-18-31(27-28-24-22(35-4)15-16-23(36-5)25(24)37-27)26(32)19-11-13-21(14-12-19)38(33,34)30(3)20-9-7-6-8-10-20;/h6-16H,17-18H2,1-5H3;1H. The normalized spacial score (nSPS) is 11.2. The minimum Gasteiger partial charge on any atom is -0.495 e. The van der Waals surface area contributed by atoms with Crippen molar-refractivity contribution in [1.29, 1.82) is 0 Å². The summed E-state index contributed by atoms with van der Waals surface area (Å²) in [7, 11) is 4.71.